The molecule has 2 aliphatic rings. The Labute approximate surface area is 144 Å². The molecule has 1 N–H and O–H groups in total. The van der Waals surface area contributed by atoms with Crippen LogP contribution in [0.2, 0.25) is 0 Å². The summed E-state index contributed by atoms with van der Waals surface area (Å²) in [5.41, 5.74) is 0.259. The van der Waals surface area contributed by atoms with E-state index in [1.165, 1.54) is 38.3 Å². The molecule has 2 atom stereocenters. The van der Waals surface area contributed by atoms with Gasteiger partial charge in [-0.2, -0.15) is 0 Å². The second-order valence-electron chi connectivity index (χ2n) is 7.20. The highest BCUT2D eigenvalue weighted by Crippen LogP contribution is 2.23. The molecule has 2 heterocycles. The third-order valence-electron chi connectivity index (χ3n) is 5.35. The van der Waals surface area contributed by atoms with E-state index in [0.717, 1.165) is 26.1 Å². The van der Waals surface area contributed by atoms with E-state index in [0.29, 0.717) is 12.0 Å². The number of carbonyl (C=O) groups excluding carboxylic acids is 1. The number of nitrogens with zero attached hydrogens (tertiary/aromatic N) is 2. The Morgan fingerprint density at radius 1 is 1.21 bits per heavy atom. The van der Waals surface area contributed by atoms with E-state index in [1.807, 2.05) is 4.90 Å². The number of urea groups is 1. The van der Waals surface area contributed by atoms with Crippen LogP contribution in [0.1, 0.15) is 39.0 Å². The van der Waals surface area contributed by atoms with Gasteiger partial charge in [-0.1, -0.05) is 18.6 Å². The summed E-state index contributed by atoms with van der Waals surface area (Å²) >= 11 is 0. The molecular formula is C19H28FN3O. The van der Waals surface area contributed by atoms with Crippen LogP contribution in [0.15, 0.2) is 24.3 Å². The second-order valence-corrected chi connectivity index (χ2v) is 7.20. The molecule has 2 aliphatic heterocycles. The van der Waals surface area contributed by atoms with E-state index < -0.39 is 0 Å². The molecule has 0 aliphatic carbocycles. The maximum atomic E-state index is 13.7. The predicted molar refractivity (Wildman–Crippen MR) is 94.6 cm³/mol. The van der Waals surface area contributed by atoms with Gasteiger partial charge >= 0.3 is 6.03 Å². The van der Waals surface area contributed by atoms with Crippen LogP contribution in [-0.4, -0.2) is 48.1 Å². The minimum atomic E-state index is -0.387. The zero-order valence-electron chi connectivity index (χ0n) is 14.5. The summed E-state index contributed by atoms with van der Waals surface area (Å²) in [6, 6.07) is 6.80. The molecular weight excluding hydrogens is 305 g/mol. The zero-order valence-corrected chi connectivity index (χ0v) is 14.5. The van der Waals surface area contributed by atoms with E-state index in [4.69, 9.17) is 0 Å². The normalized spacial score (nSPS) is 25.5. The van der Waals surface area contributed by atoms with Crippen molar-refractivity contribution in [2.45, 2.75) is 45.1 Å². The fourth-order valence-corrected chi connectivity index (χ4v) is 3.92. The first kappa shape index (κ1) is 17.2. The van der Waals surface area contributed by atoms with Crippen molar-refractivity contribution in [2.75, 3.05) is 31.5 Å². The fraction of sp³-hybridized carbons (Fsp3) is 0.632. The maximum absolute atomic E-state index is 13.7. The topological polar surface area (TPSA) is 35.6 Å². The molecule has 3 rings (SSSR count). The molecule has 0 radical (unpaired) electrons. The highest BCUT2D eigenvalue weighted by molar-refractivity contribution is 5.89. The Morgan fingerprint density at radius 3 is 2.83 bits per heavy atom. The Bertz CT molecular complexity index is 565. The van der Waals surface area contributed by atoms with Crippen LogP contribution >= 0.6 is 0 Å². The minimum absolute atomic E-state index is 0.184. The molecule has 0 spiro atoms. The fourth-order valence-electron chi connectivity index (χ4n) is 3.92. The van der Waals surface area contributed by atoms with Crippen LogP contribution in [0.3, 0.4) is 0 Å². The summed E-state index contributed by atoms with van der Waals surface area (Å²) in [5.74, 6) is 0.132. The number of piperidine rings is 2. The summed E-state index contributed by atoms with van der Waals surface area (Å²) in [6.45, 7) is 6.09. The van der Waals surface area contributed by atoms with E-state index in [2.05, 4.69) is 17.1 Å². The number of hydrogen-bond donors (Lipinski definition) is 1. The molecule has 4 nitrogen and oxygen atoms in total. The lowest BCUT2D eigenvalue weighted by Crippen LogP contribution is -2.47. The van der Waals surface area contributed by atoms with Crippen molar-refractivity contribution >= 4 is 11.7 Å². The van der Waals surface area contributed by atoms with Gasteiger partial charge in [0.25, 0.3) is 0 Å². The lowest BCUT2D eigenvalue weighted by Gasteiger charge is -2.39. The van der Waals surface area contributed by atoms with Gasteiger partial charge in [-0.3, -0.25) is 0 Å². The van der Waals surface area contributed by atoms with E-state index in [1.54, 1.807) is 18.2 Å². The number of likely N-dealkylation sites (tertiary alicyclic amines) is 2. The van der Waals surface area contributed by atoms with Crippen LogP contribution < -0.4 is 5.32 Å². The van der Waals surface area contributed by atoms with Gasteiger partial charge in [0.1, 0.15) is 5.82 Å². The third kappa shape index (κ3) is 4.26. The molecule has 1 aromatic rings. The minimum Gasteiger partial charge on any atom is -0.324 e. The molecule has 5 heteroatoms. The maximum Gasteiger partial charge on any atom is 0.321 e. The largest absolute Gasteiger partial charge is 0.324 e. The van der Waals surface area contributed by atoms with Crippen LogP contribution in [0.5, 0.6) is 0 Å². The summed E-state index contributed by atoms with van der Waals surface area (Å²) < 4.78 is 13.7. The number of benzene rings is 1. The molecule has 132 valence electrons. The molecule has 24 heavy (non-hydrogen) atoms. The van der Waals surface area contributed by atoms with Crippen molar-refractivity contribution < 1.29 is 9.18 Å². The van der Waals surface area contributed by atoms with Crippen molar-refractivity contribution in [3.8, 4) is 0 Å². The molecule has 0 bridgehead atoms. The van der Waals surface area contributed by atoms with Gasteiger partial charge in [-0.15, -0.1) is 0 Å². The summed E-state index contributed by atoms with van der Waals surface area (Å²) in [4.78, 5) is 16.9. The molecule has 2 amide bonds. The second kappa shape index (κ2) is 7.97. The SMILES string of the molecule is C[C@@H]1CCCCN1C[C@@H]1CCCN(C(=O)Nc2ccccc2F)C1. The van der Waals surface area contributed by atoms with Crippen LogP contribution in [0, 0.1) is 11.7 Å². The van der Waals surface area contributed by atoms with Crippen LogP contribution in [0.4, 0.5) is 14.9 Å². The number of halogens is 1. The van der Waals surface area contributed by atoms with Gasteiger partial charge in [-0.25, -0.2) is 9.18 Å². The van der Waals surface area contributed by atoms with Crippen LogP contribution in [0.25, 0.3) is 0 Å². The number of para-hydroxylation sites is 1. The Hall–Kier alpha value is -1.62. The molecule has 1 aromatic carbocycles. The Morgan fingerprint density at radius 2 is 2.04 bits per heavy atom. The molecule has 2 saturated heterocycles. The van der Waals surface area contributed by atoms with Gasteiger partial charge in [0.2, 0.25) is 0 Å². The Kier molecular flexibility index (Phi) is 5.72. The molecule has 0 saturated carbocycles. The van der Waals surface area contributed by atoms with Gasteiger partial charge < -0.3 is 15.1 Å². The first-order valence-corrected chi connectivity index (χ1v) is 9.18. The first-order valence-electron chi connectivity index (χ1n) is 9.18. The number of nitrogens with one attached hydrogen (secondary N) is 1. The smallest absolute Gasteiger partial charge is 0.321 e. The lowest BCUT2D eigenvalue weighted by atomic mass is 9.95. The first-order chi connectivity index (χ1) is 11.6. The number of anilines is 1. The van der Waals surface area contributed by atoms with Crippen molar-refractivity contribution in [2.24, 2.45) is 5.92 Å². The highest BCUT2D eigenvalue weighted by atomic mass is 19.1. The highest BCUT2D eigenvalue weighted by Gasteiger charge is 2.27. The average molecular weight is 333 g/mol. The van der Waals surface area contributed by atoms with Crippen molar-refractivity contribution in [1.82, 2.24) is 9.80 Å². The van der Waals surface area contributed by atoms with Crippen molar-refractivity contribution in [1.29, 1.82) is 0 Å². The van der Waals surface area contributed by atoms with E-state index in [-0.39, 0.29) is 17.5 Å². The average Bonchev–Trinajstić information content (AvgIpc) is 2.59. The van der Waals surface area contributed by atoms with E-state index >= 15 is 0 Å². The number of amides is 2. The quantitative estimate of drug-likeness (QED) is 0.909. The summed E-state index contributed by atoms with van der Waals surface area (Å²) in [5, 5.41) is 2.71. The molecule has 0 unspecified atom stereocenters. The van der Waals surface area contributed by atoms with Gasteiger partial charge in [-0.05, 0) is 57.2 Å². The van der Waals surface area contributed by atoms with Gasteiger partial charge in [0, 0.05) is 25.7 Å². The van der Waals surface area contributed by atoms with E-state index in [9.17, 15) is 9.18 Å². The van der Waals surface area contributed by atoms with Crippen molar-refractivity contribution in [3.05, 3.63) is 30.1 Å². The summed E-state index contributed by atoms with van der Waals surface area (Å²) in [6.07, 6.45) is 6.10. The number of rotatable bonds is 3. The lowest BCUT2D eigenvalue weighted by molar-refractivity contribution is 0.104. The molecule has 2 fully saturated rings. The molecule has 0 aromatic heterocycles. The monoisotopic (exact) mass is 333 g/mol. The number of carbonyl (C=O) groups is 1. The van der Waals surface area contributed by atoms with Crippen LogP contribution in [-0.2, 0) is 0 Å². The Balaban J connectivity index is 1.55. The zero-order chi connectivity index (χ0) is 16.9. The van der Waals surface area contributed by atoms with Crippen molar-refractivity contribution in [3.63, 3.8) is 0 Å². The van der Waals surface area contributed by atoms with Gasteiger partial charge in [0.05, 0.1) is 5.69 Å². The van der Waals surface area contributed by atoms with Gasteiger partial charge in [0.15, 0.2) is 0 Å². The predicted octanol–water partition coefficient (Wildman–Crippen LogP) is 3.94. The summed E-state index contributed by atoms with van der Waals surface area (Å²) in [7, 11) is 0. The standard InChI is InChI=1S/C19H28FN3O/c1-15-7-4-5-11-22(15)13-16-8-6-12-23(14-16)19(24)21-18-10-3-2-9-17(18)20/h2-3,9-10,15-16H,4-8,11-14H2,1H3,(H,21,24)/t15-,16+/m1/s1. The number of hydrogen-bond acceptors (Lipinski definition) is 2. The third-order valence-corrected chi connectivity index (χ3v) is 5.35.